The molecular formula is C14H18N2O3S. The highest BCUT2D eigenvalue weighted by Gasteiger charge is 2.06. The number of hydrogen-bond acceptors (Lipinski definition) is 3. The first-order chi connectivity index (χ1) is 9.59. The molecule has 0 saturated carbocycles. The van der Waals surface area contributed by atoms with Gasteiger partial charge in [-0.2, -0.15) is 0 Å². The van der Waals surface area contributed by atoms with Crippen molar-refractivity contribution < 1.29 is 14.7 Å². The van der Waals surface area contributed by atoms with Crippen LogP contribution >= 0.6 is 12.2 Å². The van der Waals surface area contributed by atoms with Gasteiger partial charge in [0.25, 0.3) is 5.91 Å². The first-order valence-corrected chi connectivity index (χ1v) is 6.86. The Morgan fingerprint density at radius 2 is 1.80 bits per heavy atom. The summed E-state index contributed by atoms with van der Waals surface area (Å²) in [6.07, 6.45) is 2.47. The quantitative estimate of drug-likeness (QED) is 0.529. The molecular weight excluding hydrogens is 276 g/mol. The molecule has 0 aliphatic rings. The van der Waals surface area contributed by atoms with E-state index in [1.165, 1.54) is 0 Å². The van der Waals surface area contributed by atoms with E-state index in [0.29, 0.717) is 18.5 Å². The van der Waals surface area contributed by atoms with E-state index in [9.17, 15) is 9.59 Å². The van der Waals surface area contributed by atoms with Crippen LogP contribution in [0, 0.1) is 0 Å². The van der Waals surface area contributed by atoms with Crippen LogP contribution in [0.4, 0.5) is 0 Å². The number of hydrogen-bond donors (Lipinski definition) is 3. The maximum absolute atomic E-state index is 11.8. The molecule has 0 saturated heterocycles. The Hall–Kier alpha value is -1.95. The third kappa shape index (κ3) is 6.84. The van der Waals surface area contributed by atoms with Crippen molar-refractivity contribution in [2.45, 2.75) is 25.7 Å². The second-order valence-electron chi connectivity index (χ2n) is 4.28. The van der Waals surface area contributed by atoms with E-state index in [1.807, 2.05) is 6.07 Å². The molecule has 6 heteroatoms. The molecule has 0 aromatic heterocycles. The van der Waals surface area contributed by atoms with Gasteiger partial charge in [0.2, 0.25) is 0 Å². The molecule has 5 nitrogen and oxygen atoms in total. The Labute approximate surface area is 123 Å². The van der Waals surface area contributed by atoms with Gasteiger partial charge in [0.05, 0.1) is 0 Å². The van der Waals surface area contributed by atoms with Crippen molar-refractivity contribution in [3.05, 3.63) is 35.9 Å². The molecule has 0 unspecified atom stereocenters. The topological polar surface area (TPSA) is 78.4 Å². The van der Waals surface area contributed by atoms with Crippen molar-refractivity contribution in [2.24, 2.45) is 0 Å². The highest BCUT2D eigenvalue weighted by Crippen LogP contribution is 1.99. The van der Waals surface area contributed by atoms with Gasteiger partial charge in [0.1, 0.15) is 0 Å². The number of carboxylic acids is 1. The fourth-order valence-corrected chi connectivity index (χ4v) is 1.78. The second kappa shape index (κ2) is 9.03. The van der Waals surface area contributed by atoms with Crippen LogP contribution in [0.15, 0.2) is 30.3 Å². The smallest absolute Gasteiger partial charge is 0.303 e. The summed E-state index contributed by atoms with van der Waals surface area (Å²) in [5.41, 5.74) is 0.554. The van der Waals surface area contributed by atoms with Gasteiger partial charge in [-0.05, 0) is 37.2 Å². The predicted octanol–water partition coefficient (Wildman–Crippen LogP) is 1.94. The number of thiocarbonyl (C=S) groups is 1. The number of benzene rings is 1. The minimum atomic E-state index is -0.774. The van der Waals surface area contributed by atoms with Crippen molar-refractivity contribution in [1.29, 1.82) is 0 Å². The number of amides is 1. The Balaban J connectivity index is 2.14. The Morgan fingerprint density at radius 1 is 1.10 bits per heavy atom. The lowest BCUT2D eigenvalue weighted by Gasteiger charge is -2.09. The first kappa shape index (κ1) is 16.1. The molecule has 1 aromatic rings. The van der Waals surface area contributed by atoms with E-state index in [-0.39, 0.29) is 17.4 Å². The number of nitrogens with one attached hydrogen (secondary N) is 2. The minimum absolute atomic E-state index is 0.190. The van der Waals surface area contributed by atoms with E-state index >= 15 is 0 Å². The maximum atomic E-state index is 11.8. The van der Waals surface area contributed by atoms with Crippen molar-refractivity contribution in [3.63, 3.8) is 0 Å². The molecule has 0 atom stereocenters. The molecule has 0 aliphatic carbocycles. The Morgan fingerprint density at radius 3 is 2.45 bits per heavy atom. The fraction of sp³-hybridized carbons (Fsp3) is 0.357. The molecule has 1 amide bonds. The number of aliphatic carboxylic acids is 1. The van der Waals surface area contributed by atoms with E-state index in [1.54, 1.807) is 24.3 Å². The standard InChI is InChI=1S/C14H18N2O3S/c17-12(18)9-5-2-6-10-15-14(20)16-13(19)11-7-3-1-4-8-11/h1,3-4,7-8H,2,5-6,9-10H2,(H,17,18)(H2,15,16,19,20). The molecule has 3 N–H and O–H groups in total. The predicted molar refractivity (Wildman–Crippen MR) is 80.6 cm³/mol. The van der Waals surface area contributed by atoms with Crippen LogP contribution in [0.5, 0.6) is 0 Å². The summed E-state index contributed by atoms with van der Waals surface area (Å²) in [4.78, 5) is 22.1. The Kier molecular flexibility index (Phi) is 7.27. The maximum Gasteiger partial charge on any atom is 0.303 e. The van der Waals surface area contributed by atoms with Gasteiger partial charge in [0, 0.05) is 18.5 Å². The van der Waals surface area contributed by atoms with E-state index < -0.39 is 5.97 Å². The van der Waals surface area contributed by atoms with Crippen LogP contribution < -0.4 is 10.6 Å². The fourth-order valence-electron chi connectivity index (χ4n) is 1.59. The zero-order chi connectivity index (χ0) is 14.8. The summed E-state index contributed by atoms with van der Waals surface area (Å²) in [7, 11) is 0. The summed E-state index contributed by atoms with van der Waals surface area (Å²) >= 11 is 5.01. The van der Waals surface area contributed by atoms with Crippen molar-refractivity contribution in [3.8, 4) is 0 Å². The summed E-state index contributed by atoms with van der Waals surface area (Å²) in [5, 5.41) is 14.3. The van der Waals surface area contributed by atoms with Crippen molar-refractivity contribution in [1.82, 2.24) is 10.6 Å². The molecule has 1 rings (SSSR count). The van der Waals surface area contributed by atoms with Gasteiger partial charge in [-0.1, -0.05) is 24.6 Å². The van der Waals surface area contributed by atoms with Crippen LogP contribution in [-0.2, 0) is 4.79 Å². The molecule has 1 aromatic carbocycles. The molecule has 0 fully saturated rings. The van der Waals surface area contributed by atoms with Crippen LogP contribution in [0.25, 0.3) is 0 Å². The average Bonchev–Trinajstić information content (AvgIpc) is 2.43. The highest BCUT2D eigenvalue weighted by atomic mass is 32.1. The van der Waals surface area contributed by atoms with Gasteiger partial charge >= 0.3 is 5.97 Å². The molecule has 0 aliphatic heterocycles. The molecule has 20 heavy (non-hydrogen) atoms. The number of carbonyl (C=O) groups is 2. The normalized spacial score (nSPS) is 9.80. The highest BCUT2D eigenvalue weighted by molar-refractivity contribution is 7.80. The van der Waals surface area contributed by atoms with E-state index in [4.69, 9.17) is 17.3 Å². The molecule has 0 heterocycles. The average molecular weight is 294 g/mol. The molecule has 0 bridgehead atoms. The SMILES string of the molecule is O=C(O)CCCCCNC(=S)NC(=O)c1ccccc1. The summed E-state index contributed by atoms with van der Waals surface area (Å²) in [6, 6.07) is 8.83. The van der Waals surface area contributed by atoms with Crippen LogP contribution in [-0.4, -0.2) is 28.6 Å². The summed E-state index contributed by atoms with van der Waals surface area (Å²) < 4.78 is 0. The van der Waals surface area contributed by atoms with Crippen LogP contribution in [0.1, 0.15) is 36.0 Å². The molecule has 0 radical (unpaired) electrons. The number of unbranched alkanes of at least 4 members (excludes halogenated alkanes) is 2. The zero-order valence-corrected chi connectivity index (χ0v) is 11.9. The minimum Gasteiger partial charge on any atom is -0.481 e. The lowest BCUT2D eigenvalue weighted by atomic mass is 10.2. The molecule has 0 spiro atoms. The van der Waals surface area contributed by atoms with Crippen molar-refractivity contribution in [2.75, 3.05) is 6.54 Å². The number of carboxylic acid groups (broad SMARTS) is 1. The van der Waals surface area contributed by atoms with E-state index in [0.717, 1.165) is 12.8 Å². The molecule has 108 valence electrons. The van der Waals surface area contributed by atoms with Gasteiger partial charge in [-0.25, -0.2) is 0 Å². The monoisotopic (exact) mass is 294 g/mol. The van der Waals surface area contributed by atoms with Gasteiger partial charge < -0.3 is 10.4 Å². The summed E-state index contributed by atoms with van der Waals surface area (Å²) in [6.45, 7) is 0.619. The first-order valence-electron chi connectivity index (χ1n) is 6.45. The van der Waals surface area contributed by atoms with E-state index in [2.05, 4.69) is 10.6 Å². The lowest BCUT2D eigenvalue weighted by Crippen LogP contribution is -2.39. The van der Waals surface area contributed by atoms with Gasteiger partial charge in [0.15, 0.2) is 5.11 Å². The van der Waals surface area contributed by atoms with Crippen LogP contribution in [0.3, 0.4) is 0 Å². The summed E-state index contributed by atoms with van der Waals surface area (Å²) in [5.74, 6) is -1.02. The lowest BCUT2D eigenvalue weighted by molar-refractivity contribution is -0.137. The Bertz CT molecular complexity index is 463. The third-order valence-corrected chi connectivity index (χ3v) is 2.86. The second-order valence-corrected chi connectivity index (χ2v) is 4.69. The van der Waals surface area contributed by atoms with Crippen molar-refractivity contribution >= 4 is 29.2 Å². The van der Waals surface area contributed by atoms with Gasteiger partial charge in [-0.15, -0.1) is 0 Å². The number of rotatable bonds is 7. The largest absolute Gasteiger partial charge is 0.481 e. The zero-order valence-electron chi connectivity index (χ0n) is 11.1. The third-order valence-electron chi connectivity index (χ3n) is 2.62. The number of carbonyl (C=O) groups excluding carboxylic acids is 1. The van der Waals surface area contributed by atoms with Gasteiger partial charge in [-0.3, -0.25) is 14.9 Å². The van der Waals surface area contributed by atoms with Crippen LogP contribution in [0.2, 0.25) is 0 Å².